The van der Waals surface area contributed by atoms with Gasteiger partial charge in [-0.15, -0.1) is 0 Å². The van der Waals surface area contributed by atoms with Gasteiger partial charge in [-0.2, -0.15) is 0 Å². The monoisotopic (exact) mass is 266 g/mol. The van der Waals surface area contributed by atoms with Crippen molar-refractivity contribution in [1.82, 2.24) is 4.90 Å². The molecule has 0 heterocycles. The van der Waals surface area contributed by atoms with Gasteiger partial charge in [0.25, 0.3) is 0 Å². The molecule has 0 atom stereocenters. The Labute approximate surface area is 115 Å². The third kappa shape index (κ3) is 3.39. The Balaban J connectivity index is 2.03. The summed E-state index contributed by atoms with van der Waals surface area (Å²) in [4.78, 5) is 2.42. The number of hydrogen-bond acceptors (Lipinski definition) is 2. The largest absolute Gasteiger partial charge is 0.398 e. The lowest BCUT2D eigenvalue weighted by molar-refractivity contribution is 0.213. The van der Waals surface area contributed by atoms with Crippen LogP contribution in [0.4, 0.5) is 5.69 Å². The molecule has 1 aromatic carbocycles. The van der Waals surface area contributed by atoms with Gasteiger partial charge in [-0.05, 0) is 32.0 Å². The smallest absolute Gasteiger partial charge is 0.0471 e. The summed E-state index contributed by atoms with van der Waals surface area (Å²) in [5, 5.41) is 0.787. The Hall–Kier alpha value is -0.730. The van der Waals surface area contributed by atoms with Gasteiger partial charge in [0.2, 0.25) is 0 Å². The minimum atomic E-state index is 0.683. The first-order valence-electron chi connectivity index (χ1n) is 6.91. The zero-order valence-corrected chi connectivity index (χ0v) is 11.9. The van der Waals surface area contributed by atoms with Crippen LogP contribution in [0.25, 0.3) is 0 Å². The van der Waals surface area contributed by atoms with Crippen LogP contribution in [0.1, 0.15) is 44.1 Å². The van der Waals surface area contributed by atoms with Crippen molar-refractivity contribution in [2.24, 2.45) is 0 Å². The van der Waals surface area contributed by atoms with Crippen LogP contribution < -0.4 is 5.73 Å². The molecule has 1 saturated carbocycles. The molecular weight excluding hydrogens is 244 g/mol. The van der Waals surface area contributed by atoms with Crippen LogP contribution in [0.15, 0.2) is 18.2 Å². The molecule has 2 rings (SSSR count). The van der Waals surface area contributed by atoms with E-state index >= 15 is 0 Å². The Morgan fingerprint density at radius 1 is 1.22 bits per heavy atom. The molecule has 0 amide bonds. The normalized spacial score (nSPS) is 17.9. The van der Waals surface area contributed by atoms with Crippen LogP contribution in [-0.2, 0) is 6.54 Å². The summed E-state index contributed by atoms with van der Waals surface area (Å²) in [5.74, 6) is 0. The highest BCUT2D eigenvalue weighted by molar-refractivity contribution is 6.31. The lowest BCUT2D eigenvalue weighted by Crippen LogP contribution is -2.31. The molecule has 1 aromatic rings. The van der Waals surface area contributed by atoms with Crippen LogP contribution in [0.2, 0.25) is 5.02 Å². The molecule has 2 N–H and O–H groups in total. The molecule has 1 aliphatic carbocycles. The van der Waals surface area contributed by atoms with E-state index in [-0.39, 0.29) is 0 Å². The summed E-state index contributed by atoms with van der Waals surface area (Å²) in [6.07, 6.45) is 8.10. The summed E-state index contributed by atoms with van der Waals surface area (Å²) in [7, 11) is 2.19. The molecule has 0 aliphatic heterocycles. The lowest BCUT2D eigenvalue weighted by atomic mass is 10.1. The van der Waals surface area contributed by atoms with E-state index in [0.717, 1.165) is 22.8 Å². The summed E-state index contributed by atoms with van der Waals surface area (Å²) in [6.45, 7) is 0.857. The highest BCUT2D eigenvalue weighted by Gasteiger charge is 2.18. The van der Waals surface area contributed by atoms with E-state index in [1.165, 1.54) is 38.5 Å². The molecule has 0 saturated heterocycles. The van der Waals surface area contributed by atoms with Crippen molar-refractivity contribution in [1.29, 1.82) is 0 Å². The summed E-state index contributed by atoms with van der Waals surface area (Å²) in [6, 6.07) is 6.45. The van der Waals surface area contributed by atoms with Crippen molar-refractivity contribution in [3.8, 4) is 0 Å². The van der Waals surface area contributed by atoms with Gasteiger partial charge < -0.3 is 5.73 Å². The number of nitrogens with two attached hydrogens (primary N) is 1. The molecule has 1 aliphatic rings. The van der Waals surface area contributed by atoms with Crippen LogP contribution in [-0.4, -0.2) is 18.0 Å². The maximum absolute atomic E-state index is 6.24. The van der Waals surface area contributed by atoms with Crippen LogP contribution >= 0.6 is 11.6 Å². The molecule has 0 aromatic heterocycles. The fraction of sp³-hybridized carbons (Fsp3) is 0.600. The second-order valence-corrected chi connectivity index (χ2v) is 5.78. The predicted octanol–water partition coefficient (Wildman–Crippen LogP) is 4.08. The molecule has 0 radical (unpaired) electrons. The van der Waals surface area contributed by atoms with Crippen molar-refractivity contribution in [3.05, 3.63) is 28.8 Å². The van der Waals surface area contributed by atoms with Crippen molar-refractivity contribution >= 4 is 17.3 Å². The fourth-order valence-corrected chi connectivity index (χ4v) is 3.06. The van der Waals surface area contributed by atoms with Crippen LogP contribution in [0.5, 0.6) is 0 Å². The fourth-order valence-electron chi connectivity index (χ4n) is 2.82. The first-order chi connectivity index (χ1) is 8.68. The summed E-state index contributed by atoms with van der Waals surface area (Å²) in [5.41, 5.74) is 7.90. The third-order valence-corrected chi connectivity index (χ3v) is 4.36. The van der Waals surface area contributed by atoms with Crippen molar-refractivity contribution in [3.63, 3.8) is 0 Å². The van der Waals surface area contributed by atoms with Gasteiger partial charge in [0, 0.05) is 28.9 Å². The van der Waals surface area contributed by atoms with Crippen LogP contribution in [0, 0.1) is 0 Å². The van der Waals surface area contributed by atoms with E-state index in [1.807, 2.05) is 18.2 Å². The molecule has 0 spiro atoms. The summed E-state index contributed by atoms with van der Waals surface area (Å²) >= 11 is 6.24. The highest BCUT2D eigenvalue weighted by Crippen LogP contribution is 2.27. The molecule has 1 fully saturated rings. The van der Waals surface area contributed by atoms with Gasteiger partial charge in [0.1, 0.15) is 0 Å². The average Bonchev–Trinajstić information content (AvgIpc) is 2.62. The molecule has 3 heteroatoms. The van der Waals surface area contributed by atoms with E-state index in [0.29, 0.717) is 6.04 Å². The minimum Gasteiger partial charge on any atom is -0.398 e. The molecule has 0 unspecified atom stereocenters. The molecular formula is C15H23ClN2. The van der Waals surface area contributed by atoms with Gasteiger partial charge in [-0.25, -0.2) is 0 Å². The predicted molar refractivity (Wildman–Crippen MR) is 78.8 cm³/mol. The van der Waals surface area contributed by atoms with E-state index < -0.39 is 0 Å². The van der Waals surface area contributed by atoms with Crippen molar-refractivity contribution in [2.75, 3.05) is 12.8 Å². The summed E-state index contributed by atoms with van der Waals surface area (Å²) < 4.78 is 0. The van der Waals surface area contributed by atoms with Crippen LogP contribution in [0.3, 0.4) is 0 Å². The molecule has 0 bridgehead atoms. The Kier molecular flexibility index (Phi) is 4.90. The molecule has 18 heavy (non-hydrogen) atoms. The number of benzene rings is 1. The van der Waals surface area contributed by atoms with E-state index in [9.17, 15) is 0 Å². The number of nitrogens with zero attached hydrogens (tertiary/aromatic N) is 1. The lowest BCUT2D eigenvalue weighted by Gasteiger charge is -2.27. The van der Waals surface area contributed by atoms with E-state index in [2.05, 4.69) is 11.9 Å². The number of nitrogen functional groups attached to an aromatic ring is 1. The standard InChI is InChI=1S/C15H23ClN2/c1-18(12-7-4-2-3-5-8-12)11-13-14(16)9-6-10-15(13)17/h6,9-10,12H,2-5,7-8,11,17H2,1H3. The van der Waals surface area contributed by atoms with Gasteiger partial charge in [0.05, 0.1) is 0 Å². The highest BCUT2D eigenvalue weighted by atomic mass is 35.5. The third-order valence-electron chi connectivity index (χ3n) is 4.01. The topological polar surface area (TPSA) is 29.3 Å². The number of halogens is 1. The zero-order chi connectivity index (χ0) is 13.0. The van der Waals surface area contributed by atoms with E-state index in [1.54, 1.807) is 0 Å². The Morgan fingerprint density at radius 2 is 1.89 bits per heavy atom. The maximum Gasteiger partial charge on any atom is 0.0471 e. The first kappa shape index (κ1) is 13.7. The first-order valence-corrected chi connectivity index (χ1v) is 7.29. The maximum atomic E-state index is 6.24. The SMILES string of the molecule is CN(Cc1c(N)cccc1Cl)C1CCCCCC1. The average molecular weight is 267 g/mol. The van der Waals surface area contributed by atoms with Gasteiger partial charge in [0.15, 0.2) is 0 Å². The zero-order valence-electron chi connectivity index (χ0n) is 11.2. The number of anilines is 1. The van der Waals surface area contributed by atoms with Gasteiger partial charge in [-0.3, -0.25) is 4.90 Å². The number of rotatable bonds is 3. The Morgan fingerprint density at radius 3 is 2.50 bits per heavy atom. The number of hydrogen-bond donors (Lipinski definition) is 1. The van der Waals surface area contributed by atoms with E-state index in [4.69, 9.17) is 17.3 Å². The second-order valence-electron chi connectivity index (χ2n) is 5.37. The Bertz CT molecular complexity index is 364. The molecule has 2 nitrogen and oxygen atoms in total. The van der Waals surface area contributed by atoms with Crippen molar-refractivity contribution < 1.29 is 0 Å². The van der Waals surface area contributed by atoms with Gasteiger partial charge >= 0.3 is 0 Å². The second kappa shape index (κ2) is 6.44. The quantitative estimate of drug-likeness (QED) is 0.660. The van der Waals surface area contributed by atoms with Gasteiger partial charge in [-0.1, -0.05) is 43.4 Å². The minimum absolute atomic E-state index is 0.683. The molecule has 100 valence electrons. The van der Waals surface area contributed by atoms with Crippen molar-refractivity contribution in [2.45, 2.75) is 51.1 Å².